The number of hydrogen-bond acceptors (Lipinski definition) is 5. The van der Waals surface area contributed by atoms with Gasteiger partial charge in [-0.05, 0) is 26.3 Å². The van der Waals surface area contributed by atoms with Gasteiger partial charge in [-0.25, -0.2) is 0 Å². The maximum Gasteiger partial charge on any atom is 0.271 e. The van der Waals surface area contributed by atoms with Crippen LogP contribution in [0.15, 0.2) is 18.2 Å². The number of nitrogens with zero attached hydrogens (tertiary/aromatic N) is 2. The lowest BCUT2D eigenvalue weighted by molar-refractivity contribution is -0.384. The minimum Gasteiger partial charge on any atom is -0.478 e. The zero-order chi connectivity index (χ0) is 15.8. The molecule has 0 fully saturated rings. The van der Waals surface area contributed by atoms with E-state index in [0.717, 1.165) is 0 Å². The van der Waals surface area contributed by atoms with Crippen LogP contribution in [0.2, 0.25) is 0 Å². The summed E-state index contributed by atoms with van der Waals surface area (Å²) in [5.41, 5.74) is 5.70. The number of amides is 1. The Labute approximate surface area is 122 Å². The molecule has 2 N–H and O–H groups in total. The van der Waals surface area contributed by atoms with Crippen LogP contribution in [0.3, 0.4) is 0 Å². The van der Waals surface area contributed by atoms with Gasteiger partial charge in [-0.15, -0.1) is 0 Å². The first-order chi connectivity index (χ1) is 9.73. The lowest BCUT2D eigenvalue weighted by atomic mass is 10.0. The van der Waals surface area contributed by atoms with E-state index < -0.39 is 16.6 Å². The molecule has 21 heavy (non-hydrogen) atoms. The summed E-state index contributed by atoms with van der Waals surface area (Å²) in [5.74, 6) is 0.250. The van der Waals surface area contributed by atoms with Crippen LogP contribution in [0.4, 0.5) is 11.4 Å². The van der Waals surface area contributed by atoms with Crippen LogP contribution in [0.25, 0.3) is 0 Å². The Kier molecular flexibility index (Phi) is 3.87. The predicted molar refractivity (Wildman–Crippen MR) is 78.4 cm³/mol. The number of carbonyl (C=O) groups is 1. The van der Waals surface area contributed by atoms with Crippen LogP contribution in [0.1, 0.15) is 27.2 Å². The molecule has 1 aliphatic rings. The highest BCUT2D eigenvalue weighted by molar-refractivity contribution is 6.00. The maximum atomic E-state index is 12.5. The second kappa shape index (κ2) is 5.33. The lowest BCUT2D eigenvalue weighted by Crippen LogP contribution is -2.53. The van der Waals surface area contributed by atoms with Crippen molar-refractivity contribution >= 4 is 17.3 Å². The van der Waals surface area contributed by atoms with Gasteiger partial charge in [0.15, 0.2) is 6.10 Å². The second-order valence-electron chi connectivity index (χ2n) is 5.84. The molecule has 0 bridgehead atoms. The quantitative estimate of drug-likeness (QED) is 0.674. The van der Waals surface area contributed by atoms with Gasteiger partial charge in [0.05, 0.1) is 10.6 Å². The number of ether oxygens (including phenoxy) is 1. The van der Waals surface area contributed by atoms with Gasteiger partial charge in [-0.2, -0.15) is 0 Å². The molecule has 0 radical (unpaired) electrons. The molecule has 114 valence electrons. The van der Waals surface area contributed by atoms with Crippen LogP contribution in [-0.4, -0.2) is 29.0 Å². The number of hydrogen-bond donors (Lipinski definition) is 1. The second-order valence-corrected chi connectivity index (χ2v) is 5.84. The minimum absolute atomic E-state index is 0.0834. The summed E-state index contributed by atoms with van der Waals surface area (Å²) in [6, 6.07) is 4.25. The number of anilines is 1. The summed E-state index contributed by atoms with van der Waals surface area (Å²) in [6.45, 7) is 5.71. The Morgan fingerprint density at radius 2 is 2.14 bits per heavy atom. The van der Waals surface area contributed by atoms with E-state index in [1.54, 1.807) is 13.8 Å². The van der Waals surface area contributed by atoms with Gasteiger partial charge < -0.3 is 15.4 Å². The van der Waals surface area contributed by atoms with Gasteiger partial charge in [0.25, 0.3) is 11.6 Å². The molecule has 1 aromatic carbocycles. The number of nitro groups is 1. The first-order valence-corrected chi connectivity index (χ1v) is 6.78. The first-order valence-electron chi connectivity index (χ1n) is 6.78. The van der Waals surface area contributed by atoms with Gasteiger partial charge in [0.1, 0.15) is 5.75 Å². The van der Waals surface area contributed by atoms with Crippen molar-refractivity contribution < 1.29 is 14.5 Å². The maximum absolute atomic E-state index is 12.5. The fourth-order valence-corrected chi connectivity index (χ4v) is 2.25. The number of fused-ring (bicyclic) bond motifs is 1. The van der Waals surface area contributed by atoms with Crippen molar-refractivity contribution in [2.24, 2.45) is 5.73 Å². The number of rotatable bonds is 4. The van der Waals surface area contributed by atoms with E-state index in [4.69, 9.17) is 10.5 Å². The van der Waals surface area contributed by atoms with E-state index in [-0.39, 0.29) is 18.1 Å². The topological polar surface area (TPSA) is 98.7 Å². The molecule has 0 saturated carbocycles. The van der Waals surface area contributed by atoms with Crippen LogP contribution < -0.4 is 15.4 Å². The Hall–Kier alpha value is -2.15. The van der Waals surface area contributed by atoms with E-state index in [2.05, 4.69) is 0 Å². The summed E-state index contributed by atoms with van der Waals surface area (Å²) in [7, 11) is 0. The summed E-state index contributed by atoms with van der Waals surface area (Å²) >= 11 is 0. The first kappa shape index (κ1) is 15.2. The summed E-state index contributed by atoms with van der Waals surface area (Å²) in [5, 5.41) is 10.9. The monoisotopic (exact) mass is 293 g/mol. The SMILES string of the molecule is CCC1Oc2ccc([N+](=O)[O-])cc2N(CC(C)(C)N)C1=O. The number of nitro benzene ring substituents is 1. The van der Waals surface area contributed by atoms with E-state index in [1.165, 1.54) is 23.1 Å². The molecule has 0 aromatic heterocycles. The molecule has 2 rings (SSSR count). The molecule has 0 saturated heterocycles. The smallest absolute Gasteiger partial charge is 0.271 e. The molecule has 1 heterocycles. The molecule has 1 atom stereocenters. The van der Waals surface area contributed by atoms with Crippen molar-refractivity contribution in [2.45, 2.75) is 38.8 Å². The van der Waals surface area contributed by atoms with Crippen LogP contribution in [0.5, 0.6) is 5.75 Å². The molecule has 1 unspecified atom stereocenters. The van der Waals surface area contributed by atoms with E-state index >= 15 is 0 Å². The normalized spacial score (nSPS) is 18.2. The van der Waals surface area contributed by atoms with Crippen LogP contribution >= 0.6 is 0 Å². The van der Waals surface area contributed by atoms with Crippen molar-refractivity contribution in [3.8, 4) is 5.75 Å². The Balaban J connectivity index is 2.49. The number of nitrogens with two attached hydrogens (primary N) is 1. The van der Waals surface area contributed by atoms with Crippen molar-refractivity contribution in [3.05, 3.63) is 28.3 Å². The molecule has 0 spiro atoms. The van der Waals surface area contributed by atoms with Crippen molar-refractivity contribution in [1.29, 1.82) is 0 Å². The Morgan fingerprint density at radius 3 is 2.67 bits per heavy atom. The third-order valence-electron chi connectivity index (χ3n) is 3.19. The zero-order valence-electron chi connectivity index (χ0n) is 12.3. The highest BCUT2D eigenvalue weighted by atomic mass is 16.6. The Bertz CT molecular complexity index is 580. The average molecular weight is 293 g/mol. The number of benzene rings is 1. The molecule has 1 aliphatic heterocycles. The van der Waals surface area contributed by atoms with Gasteiger partial charge in [-0.3, -0.25) is 14.9 Å². The molecular weight excluding hydrogens is 274 g/mol. The minimum atomic E-state index is -0.618. The van der Waals surface area contributed by atoms with Gasteiger partial charge in [0, 0.05) is 24.2 Å². The third kappa shape index (κ3) is 3.13. The fourth-order valence-electron chi connectivity index (χ4n) is 2.25. The highest BCUT2D eigenvalue weighted by Crippen LogP contribution is 2.37. The summed E-state index contributed by atoms with van der Waals surface area (Å²) in [6.07, 6.45) is -0.0576. The fraction of sp³-hybridized carbons (Fsp3) is 0.500. The highest BCUT2D eigenvalue weighted by Gasteiger charge is 2.36. The molecule has 0 aliphatic carbocycles. The number of non-ortho nitro benzene ring substituents is 1. The van der Waals surface area contributed by atoms with E-state index in [0.29, 0.717) is 17.9 Å². The lowest BCUT2D eigenvalue weighted by Gasteiger charge is -2.37. The summed E-state index contributed by atoms with van der Waals surface area (Å²) < 4.78 is 5.62. The molecular formula is C14H19N3O4. The molecule has 1 amide bonds. The van der Waals surface area contributed by atoms with E-state index in [1.807, 2.05) is 6.92 Å². The van der Waals surface area contributed by atoms with Gasteiger partial charge in [-0.1, -0.05) is 6.92 Å². The van der Waals surface area contributed by atoms with Crippen molar-refractivity contribution in [2.75, 3.05) is 11.4 Å². The van der Waals surface area contributed by atoms with Crippen LogP contribution in [-0.2, 0) is 4.79 Å². The van der Waals surface area contributed by atoms with Gasteiger partial charge >= 0.3 is 0 Å². The average Bonchev–Trinajstić information content (AvgIpc) is 2.39. The third-order valence-corrected chi connectivity index (χ3v) is 3.19. The summed E-state index contributed by atoms with van der Waals surface area (Å²) in [4.78, 5) is 24.4. The predicted octanol–water partition coefficient (Wildman–Crippen LogP) is 1.84. The van der Waals surface area contributed by atoms with Crippen LogP contribution in [0, 0.1) is 10.1 Å². The molecule has 7 heteroatoms. The zero-order valence-corrected chi connectivity index (χ0v) is 12.3. The molecule has 1 aromatic rings. The standard InChI is InChI=1S/C14H19N3O4/c1-4-11-13(18)16(8-14(2,3)15)10-7-9(17(19)20)5-6-12(10)21-11/h5-7,11H,4,8,15H2,1-3H3. The molecule has 7 nitrogen and oxygen atoms in total. The Morgan fingerprint density at radius 1 is 1.48 bits per heavy atom. The number of carbonyl (C=O) groups excluding carboxylic acids is 1. The van der Waals surface area contributed by atoms with Crippen molar-refractivity contribution in [1.82, 2.24) is 0 Å². The van der Waals surface area contributed by atoms with Crippen molar-refractivity contribution in [3.63, 3.8) is 0 Å². The van der Waals surface area contributed by atoms with Gasteiger partial charge in [0.2, 0.25) is 0 Å². The largest absolute Gasteiger partial charge is 0.478 e. The van der Waals surface area contributed by atoms with E-state index in [9.17, 15) is 14.9 Å².